The maximum atomic E-state index is 5.44. The summed E-state index contributed by atoms with van der Waals surface area (Å²) in [6.45, 7) is 11.6. The van der Waals surface area contributed by atoms with Crippen LogP contribution in [0.5, 0.6) is 5.75 Å². The fourth-order valence-corrected chi connectivity index (χ4v) is 2.60. The van der Waals surface area contributed by atoms with E-state index in [2.05, 4.69) is 59.5 Å². The number of benzene rings is 1. The van der Waals surface area contributed by atoms with Crippen molar-refractivity contribution in [1.29, 1.82) is 0 Å². The standard InChI is InChI=1S/C19H34N4O/c1-6-23(7-2)13-9-8-12-21-19(20-4)22-15-17-11-10-16(3)14-18(17)24-5/h10-11,14H,6-9,12-13,15H2,1-5H3,(H2,20,21,22). The van der Waals surface area contributed by atoms with Crippen molar-refractivity contribution in [1.82, 2.24) is 15.5 Å². The molecule has 5 nitrogen and oxygen atoms in total. The first kappa shape index (κ1) is 20.3. The fourth-order valence-electron chi connectivity index (χ4n) is 2.60. The van der Waals surface area contributed by atoms with Gasteiger partial charge in [-0.2, -0.15) is 0 Å². The molecule has 0 saturated heterocycles. The number of nitrogens with zero attached hydrogens (tertiary/aromatic N) is 2. The van der Waals surface area contributed by atoms with Gasteiger partial charge in [-0.25, -0.2) is 0 Å². The number of nitrogens with one attached hydrogen (secondary N) is 2. The van der Waals surface area contributed by atoms with Gasteiger partial charge in [0, 0.05) is 25.7 Å². The first-order valence-electron chi connectivity index (χ1n) is 8.94. The van der Waals surface area contributed by atoms with Crippen LogP contribution in [-0.2, 0) is 6.54 Å². The Balaban J connectivity index is 2.33. The summed E-state index contributed by atoms with van der Waals surface area (Å²) in [7, 11) is 3.51. The van der Waals surface area contributed by atoms with Crippen LogP contribution in [0.1, 0.15) is 37.8 Å². The highest BCUT2D eigenvalue weighted by atomic mass is 16.5. The largest absolute Gasteiger partial charge is 0.496 e. The second-order valence-corrected chi connectivity index (χ2v) is 5.90. The number of aliphatic imine (C=N–C) groups is 1. The van der Waals surface area contributed by atoms with E-state index < -0.39 is 0 Å². The SMILES string of the molecule is CCN(CC)CCCCNC(=NC)NCc1ccc(C)cc1OC. The van der Waals surface area contributed by atoms with Crippen LogP contribution in [0.15, 0.2) is 23.2 Å². The second kappa shape index (κ2) is 11.7. The monoisotopic (exact) mass is 334 g/mol. The van der Waals surface area contributed by atoms with E-state index in [-0.39, 0.29) is 0 Å². The average Bonchev–Trinajstić information content (AvgIpc) is 2.61. The smallest absolute Gasteiger partial charge is 0.191 e. The number of methoxy groups -OCH3 is 1. The maximum Gasteiger partial charge on any atom is 0.191 e. The molecule has 1 aromatic carbocycles. The van der Waals surface area contributed by atoms with Gasteiger partial charge in [0.1, 0.15) is 5.75 Å². The molecule has 0 saturated carbocycles. The van der Waals surface area contributed by atoms with Crippen LogP contribution in [-0.4, -0.2) is 51.2 Å². The Morgan fingerprint density at radius 1 is 1.17 bits per heavy atom. The van der Waals surface area contributed by atoms with Gasteiger partial charge in [-0.05, 0) is 51.0 Å². The van der Waals surface area contributed by atoms with Gasteiger partial charge < -0.3 is 20.3 Å². The normalized spacial score (nSPS) is 11.7. The van der Waals surface area contributed by atoms with Crippen LogP contribution < -0.4 is 15.4 Å². The molecular formula is C19H34N4O. The molecule has 0 atom stereocenters. The molecule has 0 radical (unpaired) electrons. The van der Waals surface area contributed by atoms with Crippen LogP contribution in [0.4, 0.5) is 0 Å². The van der Waals surface area contributed by atoms with Crippen molar-refractivity contribution in [3.8, 4) is 5.75 Å². The van der Waals surface area contributed by atoms with E-state index in [1.165, 1.54) is 18.5 Å². The minimum absolute atomic E-state index is 0.697. The highest BCUT2D eigenvalue weighted by Crippen LogP contribution is 2.19. The highest BCUT2D eigenvalue weighted by Gasteiger charge is 2.05. The number of rotatable bonds is 10. The molecule has 24 heavy (non-hydrogen) atoms. The summed E-state index contributed by atoms with van der Waals surface area (Å²) in [5.74, 6) is 1.75. The lowest BCUT2D eigenvalue weighted by molar-refractivity contribution is 0.297. The summed E-state index contributed by atoms with van der Waals surface area (Å²) >= 11 is 0. The van der Waals surface area contributed by atoms with E-state index in [9.17, 15) is 0 Å². The number of aryl methyl sites for hydroxylation is 1. The molecule has 0 aromatic heterocycles. The average molecular weight is 335 g/mol. The Morgan fingerprint density at radius 3 is 2.54 bits per heavy atom. The zero-order valence-electron chi connectivity index (χ0n) is 16.0. The lowest BCUT2D eigenvalue weighted by Crippen LogP contribution is -2.37. The Bertz CT molecular complexity index is 498. The molecule has 1 aromatic rings. The summed E-state index contributed by atoms with van der Waals surface area (Å²) < 4.78 is 5.44. The van der Waals surface area contributed by atoms with Crippen molar-refractivity contribution in [3.05, 3.63) is 29.3 Å². The van der Waals surface area contributed by atoms with Gasteiger partial charge >= 0.3 is 0 Å². The molecule has 0 amide bonds. The van der Waals surface area contributed by atoms with Gasteiger partial charge in [0.25, 0.3) is 0 Å². The molecule has 0 bridgehead atoms. The van der Waals surface area contributed by atoms with Crippen molar-refractivity contribution in [2.75, 3.05) is 40.3 Å². The molecule has 0 aliphatic rings. The molecule has 0 fully saturated rings. The van der Waals surface area contributed by atoms with Crippen molar-refractivity contribution in [3.63, 3.8) is 0 Å². The summed E-state index contributed by atoms with van der Waals surface area (Å²) in [5, 5.41) is 6.73. The number of unbranched alkanes of at least 4 members (excludes halogenated alkanes) is 1. The summed E-state index contributed by atoms with van der Waals surface area (Å²) in [5.41, 5.74) is 2.33. The van der Waals surface area contributed by atoms with Crippen LogP contribution in [0.25, 0.3) is 0 Å². The van der Waals surface area contributed by atoms with Crippen molar-refractivity contribution >= 4 is 5.96 Å². The third-order valence-corrected chi connectivity index (χ3v) is 4.20. The summed E-state index contributed by atoms with van der Waals surface area (Å²) in [6.07, 6.45) is 2.35. The van der Waals surface area contributed by atoms with E-state index in [0.29, 0.717) is 6.54 Å². The molecule has 0 heterocycles. The van der Waals surface area contributed by atoms with E-state index in [1.807, 2.05) is 0 Å². The Morgan fingerprint density at radius 2 is 1.92 bits per heavy atom. The molecule has 1 rings (SSSR count). The van der Waals surface area contributed by atoms with Crippen LogP contribution >= 0.6 is 0 Å². The summed E-state index contributed by atoms with van der Waals surface area (Å²) in [4.78, 5) is 6.74. The number of guanidine groups is 1. The summed E-state index contributed by atoms with van der Waals surface area (Å²) in [6, 6.07) is 6.25. The van der Waals surface area contributed by atoms with Gasteiger partial charge in [0.2, 0.25) is 0 Å². The molecule has 5 heteroatoms. The Labute approximate surface area is 147 Å². The molecule has 0 unspecified atom stereocenters. The highest BCUT2D eigenvalue weighted by molar-refractivity contribution is 5.79. The van der Waals surface area contributed by atoms with E-state index in [1.54, 1.807) is 14.2 Å². The lowest BCUT2D eigenvalue weighted by atomic mass is 10.1. The van der Waals surface area contributed by atoms with Gasteiger partial charge in [-0.1, -0.05) is 26.0 Å². The lowest BCUT2D eigenvalue weighted by Gasteiger charge is -2.18. The van der Waals surface area contributed by atoms with E-state index in [0.717, 1.165) is 43.3 Å². The predicted molar refractivity (Wildman–Crippen MR) is 103 cm³/mol. The first-order valence-corrected chi connectivity index (χ1v) is 8.94. The third kappa shape index (κ3) is 7.21. The Kier molecular flexibility index (Phi) is 9.92. The number of ether oxygens (including phenoxy) is 1. The Hall–Kier alpha value is -1.75. The van der Waals surface area contributed by atoms with Gasteiger partial charge in [0.15, 0.2) is 5.96 Å². The number of hydrogen-bond acceptors (Lipinski definition) is 3. The van der Waals surface area contributed by atoms with Crippen molar-refractivity contribution < 1.29 is 4.74 Å². The minimum atomic E-state index is 0.697. The van der Waals surface area contributed by atoms with Crippen LogP contribution in [0.3, 0.4) is 0 Å². The molecule has 136 valence electrons. The van der Waals surface area contributed by atoms with Crippen molar-refractivity contribution in [2.45, 2.75) is 40.2 Å². The van der Waals surface area contributed by atoms with Crippen LogP contribution in [0.2, 0.25) is 0 Å². The van der Waals surface area contributed by atoms with Crippen molar-refractivity contribution in [2.24, 2.45) is 4.99 Å². The molecule has 0 aliphatic carbocycles. The van der Waals surface area contributed by atoms with E-state index in [4.69, 9.17) is 4.74 Å². The van der Waals surface area contributed by atoms with Gasteiger partial charge in [0.05, 0.1) is 7.11 Å². The molecule has 2 N–H and O–H groups in total. The van der Waals surface area contributed by atoms with Crippen LogP contribution in [0, 0.1) is 6.92 Å². The first-order chi connectivity index (χ1) is 11.6. The van der Waals surface area contributed by atoms with Gasteiger partial charge in [-0.15, -0.1) is 0 Å². The minimum Gasteiger partial charge on any atom is -0.496 e. The quantitative estimate of drug-likeness (QED) is 0.392. The van der Waals surface area contributed by atoms with Gasteiger partial charge in [-0.3, -0.25) is 4.99 Å². The number of hydrogen-bond donors (Lipinski definition) is 2. The zero-order valence-corrected chi connectivity index (χ0v) is 16.0. The maximum absolute atomic E-state index is 5.44. The molecule has 0 spiro atoms. The topological polar surface area (TPSA) is 48.9 Å². The van der Waals surface area contributed by atoms with E-state index >= 15 is 0 Å². The molecular weight excluding hydrogens is 300 g/mol. The molecule has 0 aliphatic heterocycles. The third-order valence-electron chi connectivity index (χ3n) is 4.20. The second-order valence-electron chi connectivity index (χ2n) is 5.90. The predicted octanol–water partition coefficient (Wildman–Crippen LogP) is 2.79. The zero-order chi connectivity index (χ0) is 17.8. The fraction of sp³-hybridized carbons (Fsp3) is 0.632.